The van der Waals surface area contributed by atoms with Crippen molar-refractivity contribution in [3.63, 3.8) is 0 Å². The Morgan fingerprint density at radius 2 is 1.68 bits per heavy atom. The highest BCUT2D eigenvalue weighted by Crippen LogP contribution is 2.34. The standard InChI is InChI=1S/C21H38N4O3/c1-2-10-22-19(26)18-6-11-24(12-7-18)20(27)23-17-21(8-4-3-5-9-21)25-13-15-28-16-14-25/h18H,2-17H2,1H3,(H,22,26)(H,23,27). The molecule has 0 aromatic rings. The van der Waals surface area contributed by atoms with E-state index in [4.69, 9.17) is 4.74 Å². The summed E-state index contributed by atoms with van der Waals surface area (Å²) in [4.78, 5) is 29.4. The predicted octanol–water partition coefficient (Wildman–Crippen LogP) is 1.97. The zero-order chi connectivity index (χ0) is 19.8. The van der Waals surface area contributed by atoms with Gasteiger partial charge in [0.2, 0.25) is 5.91 Å². The second-order valence-electron chi connectivity index (χ2n) is 8.60. The number of nitrogens with zero attached hydrogens (tertiary/aromatic N) is 2. The van der Waals surface area contributed by atoms with Crippen molar-refractivity contribution in [1.82, 2.24) is 20.4 Å². The molecule has 2 heterocycles. The summed E-state index contributed by atoms with van der Waals surface area (Å²) in [5.41, 5.74) is 0.0933. The van der Waals surface area contributed by atoms with E-state index < -0.39 is 0 Å². The monoisotopic (exact) mass is 394 g/mol. The van der Waals surface area contributed by atoms with Gasteiger partial charge in [-0.05, 0) is 32.1 Å². The van der Waals surface area contributed by atoms with Gasteiger partial charge in [0.25, 0.3) is 0 Å². The number of carbonyl (C=O) groups is 2. The SMILES string of the molecule is CCCNC(=O)C1CCN(C(=O)NCC2(N3CCOCC3)CCCCC2)CC1. The lowest BCUT2D eigenvalue weighted by Crippen LogP contribution is -2.60. The smallest absolute Gasteiger partial charge is 0.317 e. The first-order valence-corrected chi connectivity index (χ1v) is 11.3. The number of nitrogens with one attached hydrogen (secondary N) is 2. The van der Waals surface area contributed by atoms with Gasteiger partial charge in [0.15, 0.2) is 0 Å². The molecule has 1 aliphatic carbocycles. The van der Waals surface area contributed by atoms with E-state index in [1.54, 1.807) is 0 Å². The molecule has 0 aromatic heterocycles. The molecule has 2 saturated heterocycles. The van der Waals surface area contributed by atoms with E-state index in [1.807, 2.05) is 4.90 Å². The first kappa shape index (κ1) is 21.4. The van der Waals surface area contributed by atoms with E-state index in [9.17, 15) is 9.59 Å². The molecule has 7 heteroatoms. The minimum absolute atomic E-state index is 0.0330. The normalized spacial score (nSPS) is 24.0. The third-order valence-electron chi connectivity index (χ3n) is 6.74. The fraction of sp³-hybridized carbons (Fsp3) is 0.905. The average Bonchev–Trinajstić information content (AvgIpc) is 2.77. The first-order valence-electron chi connectivity index (χ1n) is 11.3. The van der Waals surface area contributed by atoms with Gasteiger partial charge >= 0.3 is 6.03 Å². The molecular formula is C21H38N4O3. The molecule has 3 amide bonds. The Bertz CT molecular complexity index is 508. The summed E-state index contributed by atoms with van der Waals surface area (Å²) >= 11 is 0. The number of hydrogen-bond donors (Lipinski definition) is 2. The molecule has 7 nitrogen and oxygen atoms in total. The molecule has 0 aromatic carbocycles. The minimum Gasteiger partial charge on any atom is -0.379 e. The van der Waals surface area contributed by atoms with Crippen molar-refractivity contribution in [2.24, 2.45) is 5.92 Å². The Morgan fingerprint density at radius 3 is 2.32 bits per heavy atom. The average molecular weight is 395 g/mol. The molecule has 0 atom stereocenters. The lowest BCUT2D eigenvalue weighted by molar-refractivity contribution is -0.126. The van der Waals surface area contributed by atoms with Crippen LogP contribution in [0.3, 0.4) is 0 Å². The van der Waals surface area contributed by atoms with Gasteiger partial charge in [-0.3, -0.25) is 9.69 Å². The van der Waals surface area contributed by atoms with Crippen molar-refractivity contribution in [3.05, 3.63) is 0 Å². The van der Waals surface area contributed by atoms with Crippen molar-refractivity contribution in [1.29, 1.82) is 0 Å². The number of amides is 3. The van der Waals surface area contributed by atoms with Crippen LogP contribution in [0.4, 0.5) is 4.79 Å². The molecule has 2 N–H and O–H groups in total. The fourth-order valence-electron chi connectivity index (χ4n) is 4.94. The molecular weight excluding hydrogens is 356 g/mol. The summed E-state index contributed by atoms with van der Waals surface area (Å²) in [6, 6.07) is 0.0330. The van der Waals surface area contributed by atoms with Gasteiger partial charge in [0.05, 0.1) is 13.2 Å². The molecule has 0 radical (unpaired) electrons. The maximum Gasteiger partial charge on any atom is 0.317 e. The number of likely N-dealkylation sites (tertiary alicyclic amines) is 1. The highest BCUT2D eigenvalue weighted by molar-refractivity contribution is 5.79. The Kier molecular flexibility index (Phi) is 7.97. The Morgan fingerprint density at radius 1 is 1.00 bits per heavy atom. The summed E-state index contributed by atoms with van der Waals surface area (Å²) < 4.78 is 5.54. The van der Waals surface area contributed by atoms with Crippen molar-refractivity contribution < 1.29 is 14.3 Å². The molecule has 3 aliphatic rings. The summed E-state index contributed by atoms with van der Waals surface area (Å²) in [5, 5.41) is 6.22. The second kappa shape index (κ2) is 10.4. The van der Waals surface area contributed by atoms with Gasteiger partial charge in [-0.2, -0.15) is 0 Å². The summed E-state index contributed by atoms with van der Waals surface area (Å²) in [7, 11) is 0. The minimum atomic E-state index is 0.0330. The molecule has 2 aliphatic heterocycles. The van der Waals surface area contributed by atoms with Gasteiger partial charge in [0, 0.05) is 50.7 Å². The summed E-state index contributed by atoms with van der Waals surface area (Å²) in [6.07, 6.45) is 8.58. The zero-order valence-electron chi connectivity index (χ0n) is 17.5. The number of rotatable bonds is 6. The van der Waals surface area contributed by atoms with Crippen LogP contribution in [0.2, 0.25) is 0 Å². The van der Waals surface area contributed by atoms with Gasteiger partial charge < -0.3 is 20.3 Å². The van der Waals surface area contributed by atoms with E-state index in [-0.39, 0.29) is 23.4 Å². The summed E-state index contributed by atoms with van der Waals surface area (Å²) in [6.45, 7) is 8.38. The molecule has 28 heavy (non-hydrogen) atoms. The summed E-state index contributed by atoms with van der Waals surface area (Å²) in [5.74, 6) is 0.198. The highest BCUT2D eigenvalue weighted by Gasteiger charge is 2.39. The van der Waals surface area contributed by atoms with Gasteiger partial charge in [-0.1, -0.05) is 26.2 Å². The molecule has 3 rings (SSSR count). The first-order chi connectivity index (χ1) is 13.6. The Hall–Kier alpha value is -1.34. The van der Waals surface area contributed by atoms with E-state index in [0.717, 1.165) is 71.5 Å². The van der Waals surface area contributed by atoms with Crippen LogP contribution in [0, 0.1) is 5.92 Å². The van der Waals surface area contributed by atoms with E-state index >= 15 is 0 Å². The molecule has 160 valence electrons. The lowest BCUT2D eigenvalue weighted by atomic mass is 9.79. The molecule has 3 fully saturated rings. The largest absolute Gasteiger partial charge is 0.379 e. The lowest BCUT2D eigenvalue weighted by Gasteiger charge is -2.48. The fourth-order valence-corrected chi connectivity index (χ4v) is 4.94. The van der Waals surface area contributed by atoms with Crippen molar-refractivity contribution in [3.8, 4) is 0 Å². The van der Waals surface area contributed by atoms with Crippen LogP contribution in [0.1, 0.15) is 58.3 Å². The van der Waals surface area contributed by atoms with Gasteiger partial charge in [0.1, 0.15) is 0 Å². The van der Waals surface area contributed by atoms with Crippen LogP contribution in [-0.2, 0) is 9.53 Å². The van der Waals surface area contributed by atoms with E-state index in [1.165, 1.54) is 19.3 Å². The van der Waals surface area contributed by atoms with Crippen molar-refractivity contribution >= 4 is 11.9 Å². The number of ether oxygens (including phenoxy) is 1. The number of urea groups is 1. The van der Waals surface area contributed by atoms with E-state index in [2.05, 4.69) is 22.5 Å². The Balaban J connectivity index is 1.48. The second-order valence-corrected chi connectivity index (χ2v) is 8.60. The number of hydrogen-bond acceptors (Lipinski definition) is 4. The molecule has 0 spiro atoms. The highest BCUT2D eigenvalue weighted by atomic mass is 16.5. The third kappa shape index (κ3) is 5.38. The quantitative estimate of drug-likeness (QED) is 0.722. The van der Waals surface area contributed by atoms with Crippen LogP contribution < -0.4 is 10.6 Å². The predicted molar refractivity (Wildman–Crippen MR) is 109 cm³/mol. The molecule has 0 bridgehead atoms. The topological polar surface area (TPSA) is 73.9 Å². The third-order valence-corrected chi connectivity index (χ3v) is 6.74. The van der Waals surface area contributed by atoms with E-state index in [0.29, 0.717) is 13.1 Å². The number of carbonyl (C=O) groups excluding carboxylic acids is 2. The molecule has 1 saturated carbocycles. The van der Waals surface area contributed by atoms with Gasteiger partial charge in [-0.15, -0.1) is 0 Å². The zero-order valence-corrected chi connectivity index (χ0v) is 17.5. The van der Waals surface area contributed by atoms with Crippen LogP contribution in [0.15, 0.2) is 0 Å². The van der Waals surface area contributed by atoms with Crippen LogP contribution >= 0.6 is 0 Å². The Labute approximate surface area is 169 Å². The molecule has 0 unspecified atom stereocenters. The van der Waals surface area contributed by atoms with Crippen molar-refractivity contribution in [2.45, 2.75) is 63.8 Å². The van der Waals surface area contributed by atoms with Crippen molar-refractivity contribution in [2.75, 3.05) is 52.5 Å². The van der Waals surface area contributed by atoms with Crippen LogP contribution in [0.25, 0.3) is 0 Å². The maximum absolute atomic E-state index is 12.8. The maximum atomic E-state index is 12.8. The number of piperidine rings is 1. The van der Waals surface area contributed by atoms with Crippen LogP contribution in [0.5, 0.6) is 0 Å². The number of morpholine rings is 1. The van der Waals surface area contributed by atoms with Gasteiger partial charge in [-0.25, -0.2) is 4.79 Å². The van der Waals surface area contributed by atoms with Crippen LogP contribution in [-0.4, -0.2) is 79.8 Å².